The van der Waals surface area contributed by atoms with Crippen LogP contribution >= 0.6 is 11.6 Å². The quantitative estimate of drug-likeness (QED) is 0.331. The number of carbonyl (C=O) groups is 1. The van der Waals surface area contributed by atoms with Crippen molar-refractivity contribution >= 4 is 44.5 Å². The van der Waals surface area contributed by atoms with E-state index in [0.29, 0.717) is 10.8 Å². The molecule has 3 aromatic carbocycles. The van der Waals surface area contributed by atoms with Gasteiger partial charge in [-0.25, -0.2) is 0 Å². The van der Waals surface area contributed by atoms with Gasteiger partial charge < -0.3 is 9.90 Å². The molecule has 0 saturated heterocycles. The lowest BCUT2D eigenvalue weighted by Gasteiger charge is -2.10. The Morgan fingerprint density at radius 3 is 1.70 bits per heavy atom. The molecule has 5 heteroatoms. The molecule has 0 aliphatic carbocycles. The predicted molar refractivity (Wildman–Crippen MR) is 106 cm³/mol. The average molecular weight is 377 g/mol. The zero-order chi connectivity index (χ0) is 19.4. The van der Waals surface area contributed by atoms with E-state index in [1.54, 1.807) is 12.1 Å². The minimum atomic E-state index is -1.14. The summed E-state index contributed by atoms with van der Waals surface area (Å²) in [6.45, 7) is 0. The maximum absolute atomic E-state index is 11.4. The molecule has 0 atom stereocenters. The summed E-state index contributed by atoms with van der Waals surface area (Å²) in [5.74, 6) is -1.14. The number of carboxylic acids is 1. The summed E-state index contributed by atoms with van der Waals surface area (Å²) >= 11 is 5.39. The molecule has 4 rings (SSSR count). The van der Waals surface area contributed by atoms with E-state index in [4.69, 9.17) is 17.0 Å². The molecule has 4 nitrogen and oxygen atoms in total. The van der Waals surface area contributed by atoms with Crippen molar-refractivity contribution in [2.45, 2.75) is 0 Å². The van der Waals surface area contributed by atoms with Crippen LogP contribution in [0.5, 0.6) is 0 Å². The number of halogens is 1. The third-order valence-electron chi connectivity index (χ3n) is 4.30. The van der Waals surface area contributed by atoms with Crippen LogP contribution in [0, 0.1) is 5.41 Å². The number of aryl methyl sites for hydroxylation is 1. The van der Waals surface area contributed by atoms with Gasteiger partial charge in [-0.2, -0.15) is 4.57 Å². The molecule has 0 aliphatic heterocycles. The van der Waals surface area contributed by atoms with Crippen LogP contribution in [0.2, 0.25) is 0 Å². The number of fused-ring (bicyclic) bond motifs is 2. The van der Waals surface area contributed by atoms with Crippen molar-refractivity contribution < 1.29 is 14.5 Å². The van der Waals surface area contributed by atoms with Gasteiger partial charge in [-0.05, 0) is 12.1 Å². The van der Waals surface area contributed by atoms with Crippen molar-refractivity contribution in [2.75, 3.05) is 0 Å². The normalized spacial score (nSPS) is 10.3. The zero-order valence-corrected chi connectivity index (χ0v) is 15.4. The first-order valence-electron chi connectivity index (χ1n) is 8.31. The smallest absolute Gasteiger partial charge is 0.213 e. The fraction of sp³-hybridized carbons (Fsp3) is 0.0455. The third kappa shape index (κ3) is 3.81. The molecule has 1 aromatic heterocycles. The highest BCUT2D eigenvalue weighted by molar-refractivity contribution is 6.68. The Morgan fingerprint density at radius 1 is 0.852 bits per heavy atom. The first-order chi connectivity index (χ1) is 13.0. The van der Waals surface area contributed by atoms with Crippen molar-refractivity contribution in [1.29, 1.82) is 5.41 Å². The number of para-hydroxylation sites is 2. The van der Waals surface area contributed by atoms with Crippen LogP contribution in [0.25, 0.3) is 21.8 Å². The summed E-state index contributed by atoms with van der Waals surface area (Å²) in [6.07, 6.45) is 0. The number of hydrogen-bond donors (Lipinski definition) is 1. The van der Waals surface area contributed by atoms with Gasteiger partial charge in [0.25, 0.3) is 0 Å². The number of benzene rings is 3. The Kier molecular flexibility index (Phi) is 5.48. The Labute approximate surface area is 161 Å². The second kappa shape index (κ2) is 7.98. The van der Waals surface area contributed by atoms with E-state index in [0.717, 1.165) is 16.6 Å². The lowest BCUT2D eigenvalue weighted by atomic mass is 10.0. The van der Waals surface area contributed by atoms with Gasteiger partial charge in [-0.15, -0.1) is 0 Å². The van der Waals surface area contributed by atoms with Gasteiger partial charge in [0.2, 0.25) is 11.0 Å². The number of aromatic nitrogens is 1. The van der Waals surface area contributed by atoms with Crippen LogP contribution in [0.3, 0.4) is 0 Å². The predicted octanol–water partition coefficient (Wildman–Crippen LogP) is 3.43. The highest BCUT2D eigenvalue weighted by Gasteiger charge is 2.17. The minimum Gasteiger partial charge on any atom is -0.545 e. The maximum Gasteiger partial charge on any atom is 0.213 e. The highest BCUT2D eigenvalue weighted by atomic mass is 35.5. The molecular weight excluding hydrogens is 360 g/mol. The molecular formula is C22H17ClN2O2. The van der Waals surface area contributed by atoms with Gasteiger partial charge in [0, 0.05) is 23.3 Å². The molecule has 27 heavy (non-hydrogen) atoms. The minimum absolute atomic E-state index is 0.0931. The number of nitrogens with one attached hydrogen (secondary N) is 1. The third-order valence-corrected chi connectivity index (χ3v) is 4.52. The molecule has 0 fully saturated rings. The van der Waals surface area contributed by atoms with E-state index in [2.05, 4.69) is 0 Å². The largest absolute Gasteiger partial charge is 0.545 e. The van der Waals surface area contributed by atoms with Gasteiger partial charge in [0.1, 0.15) is 12.2 Å². The van der Waals surface area contributed by atoms with Crippen LogP contribution in [0.4, 0.5) is 0 Å². The Balaban J connectivity index is 0.000000197. The number of pyridine rings is 1. The van der Waals surface area contributed by atoms with Crippen molar-refractivity contribution in [2.24, 2.45) is 7.05 Å². The van der Waals surface area contributed by atoms with Gasteiger partial charge >= 0.3 is 0 Å². The molecule has 4 aromatic rings. The van der Waals surface area contributed by atoms with Crippen LogP contribution in [0.1, 0.15) is 15.9 Å². The van der Waals surface area contributed by atoms with E-state index in [1.807, 2.05) is 78.3 Å². The lowest BCUT2D eigenvalue weighted by molar-refractivity contribution is -0.617. The highest BCUT2D eigenvalue weighted by Crippen LogP contribution is 2.23. The fourth-order valence-electron chi connectivity index (χ4n) is 3.03. The molecule has 1 heterocycles. The first kappa shape index (κ1) is 18.5. The molecule has 0 bridgehead atoms. The van der Waals surface area contributed by atoms with E-state index in [1.165, 1.54) is 0 Å². The molecule has 134 valence electrons. The first-order valence-corrected chi connectivity index (χ1v) is 8.69. The van der Waals surface area contributed by atoms with Crippen LogP contribution in [0.15, 0.2) is 78.9 Å². The number of carbonyl (C=O) groups excluding carboxylic acids is 1. The van der Waals surface area contributed by atoms with E-state index in [-0.39, 0.29) is 10.7 Å². The second-order valence-corrected chi connectivity index (χ2v) is 6.31. The van der Waals surface area contributed by atoms with Gasteiger partial charge in [0.15, 0.2) is 0 Å². The lowest BCUT2D eigenvalue weighted by Crippen LogP contribution is -2.33. The number of rotatable bonds is 2. The van der Waals surface area contributed by atoms with Crippen LogP contribution in [-0.2, 0) is 7.05 Å². The maximum atomic E-state index is 11.4. The standard InChI is InChI=1S/C15H11NO2.C7H6ClN/c1-16-12-8-4-2-6-10(12)14(15(17)18)11-7-3-5-9-13(11)16;8-7(9)6-4-2-1-3-5-6/h2-9H,1H3;1-5,9H. The van der Waals surface area contributed by atoms with Crippen molar-refractivity contribution in [3.05, 3.63) is 90.0 Å². The molecule has 0 aliphatic rings. The summed E-state index contributed by atoms with van der Waals surface area (Å²) < 4.78 is 2.00. The van der Waals surface area contributed by atoms with Crippen molar-refractivity contribution in [3.63, 3.8) is 0 Å². The van der Waals surface area contributed by atoms with Crippen molar-refractivity contribution in [1.82, 2.24) is 0 Å². The SMILES string of the molecule is C[n+]1c2ccccc2c(C(=O)[O-])c2ccccc21.N=C(Cl)c1ccccc1. The van der Waals surface area contributed by atoms with Crippen LogP contribution < -0.4 is 9.67 Å². The second-order valence-electron chi connectivity index (χ2n) is 5.94. The summed E-state index contributed by atoms with van der Waals surface area (Å²) in [5.41, 5.74) is 2.80. The number of nitrogens with zero attached hydrogens (tertiary/aromatic N) is 1. The Hall–Kier alpha value is -3.24. The molecule has 0 unspecified atom stereocenters. The summed E-state index contributed by atoms with van der Waals surface area (Å²) in [7, 11) is 1.93. The monoisotopic (exact) mass is 376 g/mol. The topological polar surface area (TPSA) is 67.9 Å². The Morgan fingerprint density at radius 2 is 1.30 bits per heavy atom. The molecule has 0 amide bonds. The summed E-state index contributed by atoms with van der Waals surface area (Å²) in [5, 5.41) is 19.9. The number of aromatic carboxylic acids is 1. The average Bonchev–Trinajstić information content (AvgIpc) is 2.69. The molecule has 1 N–H and O–H groups in total. The molecule has 0 radical (unpaired) electrons. The zero-order valence-electron chi connectivity index (χ0n) is 14.6. The molecule has 0 saturated carbocycles. The van der Waals surface area contributed by atoms with E-state index in [9.17, 15) is 9.90 Å². The Bertz CT molecular complexity index is 1080. The van der Waals surface area contributed by atoms with Crippen LogP contribution in [-0.4, -0.2) is 11.1 Å². The van der Waals surface area contributed by atoms with E-state index >= 15 is 0 Å². The van der Waals surface area contributed by atoms with Gasteiger partial charge in [-0.3, -0.25) is 5.41 Å². The number of hydrogen-bond acceptors (Lipinski definition) is 3. The fourth-order valence-corrected chi connectivity index (χ4v) is 3.16. The number of carboxylic acid groups (broad SMARTS) is 1. The van der Waals surface area contributed by atoms with Gasteiger partial charge in [-0.1, -0.05) is 66.2 Å². The van der Waals surface area contributed by atoms with E-state index < -0.39 is 5.97 Å². The van der Waals surface area contributed by atoms with Gasteiger partial charge in [0.05, 0.1) is 16.7 Å². The summed E-state index contributed by atoms with van der Waals surface area (Å²) in [6, 6.07) is 24.1. The molecule has 0 spiro atoms. The summed E-state index contributed by atoms with van der Waals surface area (Å²) in [4.78, 5) is 11.4. The van der Waals surface area contributed by atoms with Crippen molar-refractivity contribution in [3.8, 4) is 0 Å².